The molecule has 2 N–H and O–H groups in total. The van der Waals surface area contributed by atoms with Crippen LogP contribution in [-0.2, 0) is 4.74 Å². The molecule has 0 radical (unpaired) electrons. The van der Waals surface area contributed by atoms with Crippen molar-refractivity contribution < 1.29 is 4.74 Å². The standard InChI is InChI=1S/C14H29N3O/c1-3-16-8-9-18-13(10-16)11-17-6-4-14(2,12-15)5-7-17/h13H,3-12,15H2,1-2H3. The van der Waals surface area contributed by atoms with E-state index in [0.717, 1.165) is 39.3 Å². The minimum absolute atomic E-state index is 0.374. The Labute approximate surface area is 111 Å². The van der Waals surface area contributed by atoms with E-state index in [0.29, 0.717) is 11.5 Å². The maximum Gasteiger partial charge on any atom is 0.0829 e. The van der Waals surface area contributed by atoms with E-state index >= 15 is 0 Å². The maximum absolute atomic E-state index is 5.88. The second-order valence-corrected chi connectivity index (χ2v) is 6.20. The van der Waals surface area contributed by atoms with Crippen molar-refractivity contribution in [3.8, 4) is 0 Å². The lowest BCUT2D eigenvalue weighted by Crippen LogP contribution is -2.50. The highest BCUT2D eigenvalue weighted by molar-refractivity contribution is 4.85. The van der Waals surface area contributed by atoms with Gasteiger partial charge in [0, 0.05) is 19.6 Å². The highest BCUT2D eigenvalue weighted by atomic mass is 16.5. The van der Waals surface area contributed by atoms with E-state index in [-0.39, 0.29) is 0 Å². The van der Waals surface area contributed by atoms with E-state index < -0.39 is 0 Å². The quantitative estimate of drug-likeness (QED) is 0.805. The van der Waals surface area contributed by atoms with Crippen molar-refractivity contribution in [2.24, 2.45) is 11.1 Å². The van der Waals surface area contributed by atoms with Crippen LogP contribution >= 0.6 is 0 Å². The molecule has 0 aliphatic carbocycles. The van der Waals surface area contributed by atoms with Gasteiger partial charge in [0.2, 0.25) is 0 Å². The third-order valence-corrected chi connectivity index (χ3v) is 4.69. The van der Waals surface area contributed by atoms with E-state index in [4.69, 9.17) is 10.5 Å². The van der Waals surface area contributed by atoms with Gasteiger partial charge in [-0.05, 0) is 44.4 Å². The first kappa shape index (κ1) is 14.3. The second kappa shape index (κ2) is 6.33. The van der Waals surface area contributed by atoms with E-state index in [1.807, 2.05) is 0 Å². The molecule has 0 aromatic heterocycles. The highest BCUT2D eigenvalue weighted by Gasteiger charge is 2.30. The number of hydrogen-bond acceptors (Lipinski definition) is 4. The predicted molar refractivity (Wildman–Crippen MR) is 74.7 cm³/mol. The molecule has 4 nitrogen and oxygen atoms in total. The molecule has 0 aromatic carbocycles. The number of ether oxygens (including phenoxy) is 1. The third-order valence-electron chi connectivity index (χ3n) is 4.69. The highest BCUT2D eigenvalue weighted by Crippen LogP contribution is 2.29. The summed E-state index contributed by atoms with van der Waals surface area (Å²) >= 11 is 0. The van der Waals surface area contributed by atoms with Crippen LogP contribution in [0.1, 0.15) is 26.7 Å². The summed E-state index contributed by atoms with van der Waals surface area (Å²) in [7, 11) is 0. The molecular formula is C14H29N3O. The van der Waals surface area contributed by atoms with Crippen LogP contribution in [0.2, 0.25) is 0 Å². The topological polar surface area (TPSA) is 41.7 Å². The van der Waals surface area contributed by atoms with Crippen LogP contribution in [0.5, 0.6) is 0 Å². The van der Waals surface area contributed by atoms with Crippen LogP contribution in [0.3, 0.4) is 0 Å². The van der Waals surface area contributed by atoms with Crippen molar-refractivity contribution in [1.82, 2.24) is 9.80 Å². The number of likely N-dealkylation sites (N-methyl/N-ethyl adjacent to an activating group) is 1. The zero-order chi connectivity index (χ0) is 13.0. The normalized spacial score (nSPS) is 30.5. The molecule has 0 saturated carbocycles. The summed E-state index contributed by atoms with van der Waals surface area (Å²) in [6.07, 6.45) is 2.86. The van der Waals surface area contributed by atoms with Gasteiger partial charge in [0.05, 0.1) is 12.7 Å². The Hall–Kier alpha value is -0.160. The summed E-state index contributed by atoms with van der Waals surface area (Å²) in [5.74, 6) is 0. The van der Waals surface area contributed by atoms with Gasteiger partial charge in [0.15, 0.2) is 0 Å². The zero-order valence-electron chi connectivity index (χ0n) is 12.0. The van der Waals surface area contributed by atoms with E-state index in [9.17, 15) is 0 Å². The molecular weight excluding hydrogens is 226 g/mol. The number of hydrogen-bond donors (Lipinski definition) is 1. The Morgan fingerprint density at radius 1 is 1.22 bits per heavy atom. The van der Waals surface area contributed by atoms with Gasteiger partial charge in [0.1, 0.15) is 0 Å². The van der Waals surface area contributed by atoms with Crippen molar-refractivity contribution in [3.63, 3.8) is 0 Å². The minimum Gasteiger partial charge on any atom is -0.374 e. The van der Waals surface area contributed by atoms with Crippen LogP contribution in [0.15, 0.2) is 0 Å². The molecule has 4 heteroatoms. The number of likely N-dealkylation sites (tertiary alicyclic amines) is 1. The van der Waals surface area contributed by atoms with Crippen LogP contribution in [0.4, 0.5) is 0 Å². The number of nitrogens with two attached hydrogens (primary N) is 1. The molecule has 106 valence electrons. The van der Waals surface area contributed by atoms with Crippen LogP contribution in [-0.4, -0.2) is 68.3 Å². The van der Waals surface area contributed by atoms with Gasteiger partial charge >= 0.3 is 0 Å². The summed E-state index contributed by atoms with van der Waals surface area (Å²) < 4.78 is 5.88. The Kier molecular flexibility index (Phi) is 5.01. The molecule has 0 aromatic rings. The molecule has 1 atom stereocenters. The Morgan fingerprint density at radius 2 is 1.94 bits per heavy atom. The van der Waals surface area contributed by atoms with Crippen LogP contribution in [0.25, 0.3) is 0 Å². The van der Waals surface area contributed by atoms with E-state index in [1.165, 1.54) is 25.9 Å². The lowest BCUT2D eigenvalue weighted by Gasteiger charge is -2.41. The summed E-state index contributed by atoms with van der Waals surface area (Å²) in [5, 5.41) is 0. The van der Waals surface area contributed by atoms with Gasteiger partial charge in [-0.25, -0.2) is 0 Å². The Balaban J connectivity index is 1.74. The lowest BCUT2D eigenvalue weighted by molar-refractivity contribution is -0.0478. The van der Waals surface area contributed by atoms with Crippen molar-refractivity contribution >= 4 is 0 Å². The lowest BCUT2D eigenvalue weighted by atomic mass is 9.80. The summed E-state index contributed by atoms with van der Waals surface area (Å²) in [6.45, 7) is 13.1. The molecule has 2 aliphatic rings. The van der Waals surface area contributed by atoms with E-state index in [2.05, 4.69) is 23.6 Å². The van der Waals surface area contributed by atoms with Gasteiger partial charge in [-0.3, -0.25) is 4.90 Å². The van der Waals surface area contributed by atoms with Crippen molar-refractivity contribution in [2.75, 3.05) is 52.4 Å². The first-order valence-electron chi connectivity index (χ1n) is 7.41. The Morgan fingerprint density at radius 3 is 2.56 bits per heavy atom. The molecule has 2 aliphatic heterocycles. The molecule has 18 heavy (non-hydrogen) atoms. The number of piperidine rings is 1. The fourth-order valence-electron chi connectivity index (χ4n) is 2.95. The molecule has 1 unspecified atom stereocenters. The molecule has 2 heterocycles. The summed E-state index contributed by atoms with van der Waals surface area (Å²) in [6, 6.07) is 0. The molecule has 0 spiro atoms. The van der Waals surface area contributed by atoms with Gasteiger partial charge in [0.25, 0.3) is 0 Å². The maximum atomic E-state index is 5.88. The SMILES string of the molecule is CCN1CCOC(CN2CCC(C)(CN)CC2)C1. The van der Waals surface area contributed by atoms with Gasteiger partial charge in [-0.1, -0.05) is 13.8 Å². The smallest absolute Gasteiger partial charge is 0.0829 e. The molecule has 2 fully saturated rings. The Bertz CT molecular complexity index is 251. The average molecular weight is 255 g/mol. The summed E-state index contributed by atoms with van der Waals surface area (Å²) in [4.78, 5) is 5.04. The summed E-state index contributed by atoms with van der Waals surface area (Å²) in [5.41, 5.74) is 6.23. The predicted octanol–water partition coefficient (Wildman–Crippen LogP) is 0.768. The fourth-order valence-corrected chi connectivity index (χ4v) is 2.95. The average Bonchev–Trinajstić information content (AvgIpc) is 2.42. The zero-order valence-corrected chi connectivity index (χ0v) is 12.0. The largest absolute Gasteiger partial charge is 0.374 e. The molecule has 2 rings (SSSR count). The first-order valence-corrected chi connectivity index (χ1v) is 7.41. The van der Waals surface area contributed by atoms with Gasteiger partial charge in [-0.15, -0.1) is 0 Å². The van der Waals surface area contributed by atoms with Crippen LogP contribution < -0.4 is 5.73 Å². The van der Waals surface area contributed by atoms with Gasteiger partial charge in [-0.2, -0.15) is 0 Å². The van der Waals surface area contributed by atoms with E-state index in [1.54, 1.807) is 0 Å². The third kappa shape index (κ3) is 3.67. The monoisotopic (exact) mass is 255 g/mol. The number of nitrogens with zero attached hydrogens (tertiary/aromatic N) is 2. The van der Waals surface area contributed by atoms with Crippen molar-refractivity contribution in [1.29, 1.82) is 0 Å². The van der Waals surface area contributed by atoms with Crippen molar-refractivity contribution in [2.45, 2.75) is 32.8 Å². The molecule has 2 saturated heterocycles. The van der Waals surface area contributed by atoms with Crippen LogP contribution in [0, 0.1) is 5.41 Å². The first-order chi connectivity index (χ1) is 8.65. The number of morpholine rings is 1. The fraction of sp³-hybridized carbons (Fsp3) is 1.00. The molecule has 0 amide bonds. The minimum atomic E-state index is 0.374. The molecule has 0 bridgehead atoms. The second-order valence-electron chi connectivity index (χ2n) is 6.20. The number of rotatable bonds is 4. The van der Waals surface area contributed by atoms with Gasteiger partial charge < -0.3 is 15.4 Å². The van der Waals surface area contributed by atoms with Crippen molar-refractivity contribution in [3.05, 3.63) is 0 Å².